The summed E-state index contributed by atoms with van der Waals surface area (Å²) in [4.78, 5) is 10.6. The molecule has 1 fully saturated rings. The molecule has 0 aromatic carbocycles. The number of hydrogen-bond acceptors (Lipinski definition) is 5. The number of morpholine rings is 1. The SMILES string of the molecule is CCOc1cc(N2C[C@H](C)OC(C)(C)C2)ncn1. The highest BCUT2D eigenvalue weighted by molar-refractivity contribution is 5.42. The highest BCUT2D eigenvalue weighted by Crippen LogP contribution is 2.25. The predicted molar refractivity (Wildman–Crippen MR) is 70.0 cm³/mol. The molecular formula is C13H21N3O2. The first-order valence-electron chi connectivity index (χ1n) is 6.38. The Morgan fingerprint density at radius 3 is 2.94 bits per heavy atom. The lowest BCUT2D eigenvalue weighted by Gasteiger charge is -2.42. The molecule has 0 amide bonds. The third-order valence-electron chi connectivity index (χ3n) is 2.81. The molecule has 0 aliphatic carbocycles. The van der Waals surface area contributed by atoms with Gasteiger partial charge in [0, 0.05) is 19.2 Å². The Morgan fingerprint density at radius 1 is 1.50 bits per heavy atom. The maximum absolute atomic E-state index is 5.89. The Balaban J connectivity index is 2.17. The molecule has 5 nitrogen and oxygen atoms in total. The van der Waals surface area contributed by atoms with E-state index in [0.717, 1.165) is 18.9 Å². The normalized spacial score (nSPS) is 22.9. The minimum Gasteiger partial charge on any atom is -0.478 e. The van der Waals surface area contributed by atoms with Crippen LogP contribution in [0.25, 0.3) is 0 Å². The molecule has 0 N–H and O–H groups in total. The quantitative estimate of drug-likeness (QED) is 0.821. The Morgan fingerprint density at radius 2 is 2.28 bits per heavy atom. The lowest BCUT2D eigenvalue weighted by Crippen LogP contribution is -2.52. The molecule has 1 aromatic rings. The summed E-state index contributed by atoms with van der Waals surface area (Å²) in [6, 6.07) is 1.89. The number of ether oxygens (including phenoxy) is 2. The van der Waals surface area contributed by atoms with Gasteiger partial charge in [-0.25, -0.2) is 9.97 Å². The summed E-state index contributed by atoms with van der Waals surface area (Å²) in [6.07, 6.45) is 1.74. The van der Waals surface area contributed by atoms with Crippen LogP contribution in [0.15, 0.2) is 12.4 Å². The van der Waals surface area contributed by atoms with E-state index in [4.69, 9.17) is 9.47 Å². The van der Waals surface area contributed by atoms with E-state index >= 15 is 0 Å². The van der Waals surface area contributed by atoms with Gasteiger partial charge in [0.15, 0.2) is 0 Å². The summed E-state index contributed by atoms with van der Waals surface area (Å²) in [5.41, 5.74) is -0.158. The zero-order valence-corrected chi connectivity index (χ0v) is 11.5. The van der Waals surface area contributed by atoms with Crippen molar-refractivity contribution < 1.29 is 9.47 Å². The third kappa shape index (κ3) is 3.10. The van der Waals surface area contributed by atoms with Crippen molar-refractivity contribution in [2.45, 2.75) is 39.4 Å². The fourth-order valence-corrected chi connectivity index (χ4v) is 2.36. The maximum Gasteiger partial charge on any atom is 0.218 e. The van der Waals surface area contributed by atoms with Gasteiger partial charge < -0.3 is 14.4 Å². The van der Waals surface area contributed by atoms with E-state index in [1.54, 1.807) is 6.33 Å². The average Bonchev–Trinajstić information content (AvgIpc) is 2.27. The number of nitrogens with zero attached hydrogens (tertiary/aromatic N) is 3. The van der Waals surface area contributed by atoms with Gasteiger partial charge >= 0.3 is 0 Å². The number of rotatable bonds is 3. The smallest absolute Gasteiger partial charge is 0.218 e. The highest BCUT2D eigenvalue weighted by atomic mass is 16.5. The molecule has 1 atom stereocenters. The lowest BCUT2D eigenvalue weighted by atomic mass is 10.1. The summed E-state index contributed by atoms with van der Waals surface area (Å²) in [6.45, 7) is 10.5. The summed E-state index contributed by atoms with van der Waals surface area (Å²) in [5.74, 6) is 1.52. The van der Waals surface area contributed by atoms with Crippen LogP contribution < -0.4 is 9.64 Å². The molecular weight excluding hydrogens is 230 g/mol. The van der Waals surface area contributed by atoms with Crippen molar-refractivity contribution in [2.24, 2.45) is 0 Å². The van der Waals surface area contributed by atoms with Gasteiger partial charge in [0.05, 0.1) is 18.3 Å². The van der Waals surface area contributed by atoms with Crippen molar-refractivity contribution in [1.82, 2.24) is 9.97 Å². The first-order chi connectivity index (χ1) is 8.50. The first kappa shape index (κ1) is 13.1. The van der Waals surface area contributed by atoms with E-state index in [2.05, 4.69) is 35.6 Å². The van der Waals surface area contributed by atoms with Gasteiger partial charge in [-0.3, -0.25) is 0 Å². The molecule has 0 unspecified atom stereocenters. The molecule has 0 saturated carbocycles. The van der Waals surface area contributed by atoms with Crippen molar-refractivity contribution in [3.05, 3.63) is 12.4 Å². The lowest BCUT2D eigenvalue weighted by molar-refractivity contribution is -0.0751. The van der Waals surface area contributed by atoms with E-state index in [1.165, 1.54) is 0 Å². The van der Waals surface area contributed by atoms with Crippen molar-refractivity contribution in [1.29, 1.82) is 0 Å². The van der Waals surface area contributed by atoms with Crippen molar-refractivity contribution in [3.8, 4) is 5.88 Å². The van der Waals surface area contributed by atoms with Gasteiger partial charge in [-0.1, -0.05) is 0 Å². The Kier molecular flexibility index (Phi) is 3.71. The second kappa shape index (κ2) is 5.10. The average molecular weight is 251 g/mol. The van der Waals surface area contributed by atoms with E-state index < -0.39 is 0 Å². The van der Waals surface area contributed by atoms with Gasteiger partial charge in [0.2, 0.25) is 5.88 Å². The number of anilines is 1. The van der Waals surface area contributed by atoms with Crippen molar-refractivity contribution in [3.63, 3.8) is 0 Å². The molecule has 5 heteroatoms. The summed E-state index contributed by atoms with van der Waals surface area (Å²) in [5, 5.41) is 0. The van der Waals surface area contributed by atoms with Gasteiger partial charge in [0.1, 0.15) is 12.1 Å². The molecule has 0 bridgehead atoms. The van der Waals surface area contributed by atoms with Crippen LogP contribution in [-0.4, -0.2) is 41.4 Å². The van der Waals surface area contributed by atoms with Gasteiger partial charge in [0.25, 0.3) is 0 Å². The van der Waals surface area contributed by atoms with E-state index in [0.29, 0.717) is 12.5 Å². The van der Waals surface area contributed by atoms with Gasteiger partial charge in [-0.05, 0) is 27.7 Å². The number of hydrogen-bond donors (Lipinski definition) is 0. The third-order valence-corrected chi connectivity index (χ3v) is 2.81. The van der Waals surface area contributed by atoms with Gasteiger partial charge in [-0.15, -0.1) is 0 Å². The molecule has 18 heavy (non-hydrogen) atoms. The standard InChI is InChI=1S/C13H21N3O2/c1-5-17-12-6-11(14-9-15-12)16-7-10(2)18-13(3,4)8-16/h6,9-10H,5,7-8H2,1-4H3/t10-/m0/s1. The zero-order chi connectivity index (χ0) is 13.2. The molecule has 2 heterocycles. The minimum atomic E-state index is -0.158. The Bertz CT molecular complexity index is 409. The molecule has 2 rings (SSSR count). The van der Waals surface area contributed by atoms with Crippen LogP contribution in [-0.2, 0) is 4.74 Å². The van der Waals surface area contributed by atoms with Crippen LogP contribution in [0.5, 0.6) is 5.88 Å². The van der Waals surface area contributed by atoms with Crippen LogP contribution in [0.3, 0.4) is 0 Å². The van der Waals surface area contributed by atoms with Crippen LogP contribution in [0.1, 0.15) is 27.7 Å². The zero-order valence-electron chi connectivity index (χ0n) is 11.5. The van der Waals surface area contributed by atoms with Gasteiger partial charge in [-0.2, -0.15) is 0 Å². The fraction of sp³-hybridized carbons (Fsp3) is 0.692. The van der Waals surface area contributed by atoms with Crippen LogP contribution in [0.2, 0.25) is 0 Å². The minimum absolute atomic E-state index is 0.158. The highest BCUT2D eigenvalue weighted by Gasteiger charge is 2.32. The second-order valence-electron chi connectivity index (χ2n) is 5.22. The molecule has 100 valence electrons. The summed E-state index contributed by atoms with van der Waals surface area (Å²) < 4.78 is 11.3. The Labute approximate surface area is 108 Å². The van der Waals surface area contributed by atoms with E-state index in [1.807, 2.05) is 13.0 Å². The maximum atomic E-state index is 5.89. The monoisotopic (exact) mass is 251 g/mol. The van der Waals surface area contributed by atoms with Crippen LogP contribution >= 0.6 is 0 Å². The summed E-state index contributed by atoms with van der Waals surface area (Å²) in [7, 11) is 0. The first-order valence-corrected chi connectivity index (χ1v) is 6.38. The van der Waals surface area contributed by atoms with Crippen molar-refractivity contribution >= 4 is 5.82 Å². The molecule has 1 aromatic heterocycles. The molecule has 1 aliphatic heterocycles. The molecule has 0 spiro atoms. The summed E-state index contributed by atoms with van der Waals surface area (Å²) >= 11 is 0. The second-order valence-corrected chi connectivity index (χ2v) is 5.22. The van der Waals surface area contributed by atoms with E-state index in [-0.39, 0.29) is 11.7 Å². The topological polar surface area (TPSA) is 47.5 Å². The molecule has 1 aliphatic rings. The van der Waals surface area contributed by atoms with Crippen molar-refractivity contribution in [2.75, 3.05) is 24.6 Å². The van der Waals surface area contributed by atoms with E-state index in [9.17, 15) is 0 Å². The Hall–Kier alpha value is -1.36. The largest absolute Gasteiger partial charge is 0.478 e. The number of aromatic nitrogens is 2. The predicted octanol–water partition coefficient (Wildman–Crippen LogP) is 1.88. The van der Waals surface area contributed by atoms with Crippen LogP contribution in [0, 0.1) is 0 Å². The fourth-order valence-electron chi connectivity index (χ4n) is 2.36. The molecule has 0 radical (unpaired) electrons. The van der Waals surface area contributed by atoms with Crippen LogP contribution in [0.4, 0.5) is 5.82 Å². The molecule has 1 saturated heterocycles.